The Hall–Kier alpha value is 0.480. The Bertz CT molecular complexity index is 185. The molecule has 0 aromatic carbocycles. The van der Waals surface area contributed by atoms with Crippen LogP contribution in [0.25, 0.3) is 0 Å². The van der Waals surface area contributed by atoms with Gasteiger partial charge in [0.05, 0.1) is 0 Å². The summed E-state index contributed by atoms with van der Waals surface area (Å²) in [5, 5.41) is 1.24. The zero-order chi connectivity index (χ0) is 8.18. The molecule has 0 aliphatic heterocycles. The molecule has 4 aliphatic carbocycles. The Morgan fingerprint density at radius 3 is 2.33 bits per heavy atom. The number of alkyl halides is 1. The van der Waals surface area contributed by atoms with E-state index in [0.717, 1.165) is 23.2 Å². The molecule has 0 amide bonds. The molecule has 0 heterocycles. The number of hydrogen-bond donors (Lipinski definition) is 0. The van der Waals surface area contributed by atoms with Crippen molar-refractivity contribution in [1.29, 1.82) is 0 Å². The Labute approximate surface area is 83.2 Å². The van der Waals surface area contributed by atoms with E-state index >= 15 is 0 Å². The lowest BCUT2D eigenvalue weighted by molar-refractivity contribution is 0.195. The molecule has 0 radical (unpaired) electrons. The van der Waals surface area contributed by atoms with Crippen LogP contribution in [0.5, 0.6) is 0 Å². The fourth-order valence-corrected chi connectivity index (χ4v) is 5.35. The highest BCUT2D eigenvalue weighted by molar-refractivity contribution is 9.09. The Morgan fingerprint density at radius 1 is 1.08 bits per heavy atom. The molecule has 0 spiro atoms. The molecule has 4 rings (SSSR count). The summed E-state index contributed by atoms with van der Waals surface area (Å²) < 4.78 is 0. The summed E-state index contributed by atoms with van der Waals surface area (Å²) >= 11 is 3.63. The van der Waals surface area contributed by atoms with E-state index in [2.05, 4.69) is 15.9 Å². The van der Waals surface area contributed by atoms with Crippen molar-refractivity contribution in [2.75, 3.05) is 5.33 Å². The largest absolute Gasteiger partial charge is 0.0928 e. The fourth-order valence-electron chi connectivity index (χ4n) is 4.56. The first kappa shape index (κ1) is 7.84. The molecule has 4 fully saturated rings. The Kier molecular flexibility index (Phi) is 1.63. The predicted molar refractivity (Wildman–Crippen MR) is 54.4 cm³/mol. The molecule has 0 nitrogen and oxygen atoms in total. The van der Waals surface area contributed by atoms with Crippen LogP contribution in [-0.4, -0.2) is 5.33 Å². The molecule has 12 heavy (non-hydrogen) atoms. The van der Waals surface area contributed by atoms with Crippen LogP contribution in [-0.2, 0) is 0 Å². The second-order valence-electron chi connectivity index (χ2n) is 5.35. The van der Waals surface area contributed by atoms with Gasteiger partial charge in [0.15, 0.2) is 0 Å². The van der Waals surface area contributed by atoms with Crippen LogP contribution in [0.1, 0.15) is 38.5 Å². The number of hydrogen-bond acceptors (Lipinski definition) is 0. The van der Waals surface area contributed by atoms with Crippen molar-refractivity contribution in [2.45, 2.75) is 38.5 Å². The maximum absolute atomic E-state index is 3.63. The van der Waals surface area contributed by atoms with Gasteiger partial charge in [-0.15, -0.1) is 0 Å². The summed E-state index contributed by atoms with van der Waals surface area (Å²) in [6.45, 7) is 0. The number of rotatable bonds is 2. The minimum atomic E-state index is 0.830. The lowest BCUT2D eigenvalue weighted by Crippen LogP contribution is -2.22. The third-order valence-corrected chi connectivity index (χ3v) is 5.15. The topological polar surface area (TPSA) is 0 Å². The zero-order valence-corrected chi connectivity index (χ0v) is 9.15. The smallest absolute Gasteiger partial charge is 0.00366 e. The van der Waals surface area contributed by atoms with Crippen LogP contribution in [0.4, 0.5) is 0 Å². The first-order valence-electron chi connectivity index (χ1n) is 5.38. The minimum absolute atomic E-state index is 0.830. The van der Waals surface area contributed by atoms with E-state index in [1.54, 1.807) is 32.1 Å². The highest BCUT2D eigenvalue weighted by atomic mass is 79.9. The van der Waals surface area contributed by atoms with Crippen molar-refractivity contribution in [3.63, 3.8) is 0 Å². The van der Waals surface area contributed by atoms with Crippen molar-refractivity contribution >= 4 is 15.9 Å². The van der Waals surface area contributed by atoms with Gasteiger partial charge in [0.25, 0.3) is 0 Å². The van der Waals surface area contributed by atoms with Gasteiger partial charge < -0.3 is 0 Å². The lowest BCUT2D eigenvalue weighted by atomic mass is 9.74. The van der Waals surface area contributed by atoms with Gasteiger partial charge in [-0.05, 0) is 61.7 Å². The van der Waals surface area contributed by atoms with Gasteiger partial charge >= 0.3 is 0 Å². The molecule has 1 heteroatoms. The average Bonchev–Trinajstić information content (AvgIpc) is 2.36. The van der Waals surface area contributed by atoms with Gasteiger partial charge in [0.1, 0.15) is 0 Å². The quantitative estimate of drug-likeness (QED) is 0.634. The molecule has 2 atom stereocenters. The van der Waals surface area contributed by atoms with E-state index in [-0.39, 0.29) is 0 Å². The fraction of sp³-hybridized carbons (Fsp3) is 1.00. The molecule has 68 valence electrons. The summed E-state index contributed by atoms with van der Waals surface area (Å²) in [6, 6.07) is 0. The lowest BCUT2D eigenvalue weighted by Gasteiger charge is -2.32. The third-order valence-electron chi connectivity index (χ3n) is 4.75. The zero-order valence-electron chi connectivity index (χ0n) is 7.56. The van der Waals surface area contributed by atoms with Crippen molar-refractivity contribution in [2.24, 2.45) is 23.2 Å². The Balaban J connectivity index is 1.88. The van der Waals surface area contributed by atoms with E-state index in [1.807, 2.05) is 0 Å². The third kappa shape index (κ3) is 0.893. The molecule has 0 aromatic rings. The molecular formula is C11H17Br. The van der Waals surface area contributed by atoms with E-state index in [9.17, 15) is 0 Å². The van der Waals surface area contributed by atoms with Gasteiger partial charge in [0.2, 0.25) is 0 Å². The first-order chi connectivity index (χ1) is 5.82. The van der Waals surface area contributed by atoms with Gasteiger partial charge in [-0.2, -0.15) is 0 Å². The second-order valence-corrected chi connectivity index (χ2v) is 6.14. The van der Waals surface area contributed by atoms with Crippen LogP contribution >= 0.6 is 15.9 Å². The molecule has 0 N–H and O–H groups in total. The molecule has 4 bridgehead atoms. The Morgan fingerprint density at radius 2 is 1.75 bits per heavy atom. The summed E-state index contributed by atoms with van der Waals surface area (Å²) in [7, 11) is 0. The molecule has 0 saturated heterocycles. The first-order valence-corrected chi connectivity index (χ1v) is 6.50. The number of halogens is 1. The monoisotopic (exact) mass is 228 g/mol. The summed E-state index contributed by atoms with van der Waals surface area (Å²) in [4.78, 5) is 0. The molecule has 4 aliphatic rings. The SMILES string of the molecule is BrCCC12CC3CC(CC1C3)C2. The average molecular weight is 229 g/mol. The van der Waals surface area contributed by atoms with Crippen LogP contribution in [0.15, 0.2) is 0 Å². The second kappa shape index (κ2) is 2.50. The molecule has 4 saturated carbocycles. The van der Waals surface area contributed by atoms with Crippen LogP contribution in [0.2, 0.25) is 0 Å². The van der Waals surface area contributed by atoms with E-state index < -0.39 is 0 Å². The summed E-state index contributed by atoms with van der Waals surface area (Å²) in [6.07, 6.45) is 9.39. The summed E-state index contributed by atoms with van der Waals surface area (Å²) in [5.41, 5.74) is 0.830. The van der Waals surface area contributed by atoms with Gasteiger partial charge in [0, 0.05) is 5.33 Å². The van der Waals surface area contributed by atoms with E-state index in [4.69, 9.17) is 0 Å². The van der Waals surface area contributed by atoms with E-state index in [1.165, 1.54) is 11.8 Å². The van der Waals surface area contributed by atoms with Crippen molar-refractivity contribution in [1.82, 2.24) is 0 Å². The van der Waals surface area contributed by atoms with Gasteiger partial charge in [-0.1, -0.05) is 15.9 Å². The van der Waals surface area contributed by atoms with Gasteiger partial charge in [-0.25, -0.2) is 0 Å². The van der Waals surface area contributed by atoms with Crippen LogP contribution in [0, 0.1) is 23.2 Å². The van der Waals surface area contributed by atoms with E-state index in [0.29, 0.717) is 0 Å². The molecule has 2 unspecified atom stereocenters. The maximum Gasteiger partial charge on any atom is 0.00366 e. The van der Waals surface area contributed by atoms with Crippen molar-refractivity contribution in [3.05, 3.63) is 0 Å². The summed E-state index contributed by atoms with van der Waals surface area (Å²) in [5.74, 6) is 3.42. The predicted octanol–water partition coefficient (Wildman–Crippen LogP) is 3.60. The van der Waals surface area contributed by atoms with Crippen LogP contribution < -0.4 is 0 Å². The highest BCUT2D eigenvalue weighted by Crippen LogP contribution is 2.66. The van der Waals surface area contributed by atoms with Crippen LogP contribution in [0.3, 0.4) is 0 Å². The van der Waals surface area contributed by atoms with Crippen molar-refractivity contribution in [3.8, 4) is 0 Å². The molecule has 0 aromatic heterocycles. The molecular weight excluding hydrogens is 212 g/mol. The normalized spacial score (nSPS) is 55.2. The maximum atomic E-state index is 3.63. The minimum Gasteiger partial charge on any atom is -0.0928 e. The highest BCUT2D eigenvalue weighted by Gasteiger charge is 2.56. The van der Waals surface area contributed by atoms with Gasteiger partial charge in [-0.3, -0.25) is 0 Å². The van der Waals surface area contributed by atoms with Crippen molar-refractivity contribution < 1.29 is 0 Å². The standard InChI is InChI=1S/C11H17Br/c12-2-1-11-6-8-3-9(7-11)5-10(11)4-8/h8-10H,1-7H2.